The van der Waals surface area contributed by atoms with Gasteiger partial charge in [0.15, 0.2) is 6.29 Å². The van der Waals surface area contributed by atoms with Crippen molar-refractivity contribution in [2.75, 3.05) is 31.1 Å². The van der Waals surface area contributed by atoms with Gasteiger partial charge in [0.1, 0.15) is 5.60 Å². The molecule has 0 bridgehead atoms. The first-order valence-electron chi connectivity index (χ1n) is 9.82. The molecule has 0 atom stereocenters. The van der Waals surface area contributed by atoms with E-state index >= 15 is 0 Å². The fourth-order valence-electron chi connectivity index (χ4n) is 4.14. The lowest BCUT2D eigenvalue weighted by molar-refractivity contribution is -0.137. The third kappa shape index (κ3) is 4.85. The molecular formula is C21H27F3N2O3. The standard InChI is InChI=1S/C21H27F3N2O3/c1-19(2,3)29-18(28)26-11-8-20(14-26)6-9-25(10-7-20)17-12-16(21(22,23)24)5-4-15(17)13-27/h4-5,12-13H,6-11,14H2,1-3H3. The fourth-order valence-corrected chi connectivity index (χ4v) is 4.14. The third-order valence-corrected chi connectivity index (χ3v) is 5.74. The zero-order valence-corrected chi connectivity index (χ0v) is 17.0. The minimum atomic E-state index is -4.45. The molecular weight excluding hydrogens is 385 g/mol. The molecule has 2 aliphatic rings. The first-order valence-corrected chi connectivity index (χ1v) is 9.82. The summed E-state index contributed by atoms with van der Waals surface area (Å²) in [5, 5.41) is 0. The Kier molecular flexibility index (Phi) is 5.58. The van der Waals surface area contributed by atoms with Crippen molar-refractivity contribution in [3.63, 3.8) is 0 Å². The average Bonchev–Trinajstić information content (AvgIpc) is 3.04. The maximum atomic E-state index is 13.1. The van der Waals surface area contributed by atoms with Gasteiger partial charge in [0, 0.05) is 37.4 Å². The molecule has 160 valence electrons. The second-order valence-corrected chi connectivity index (χ2v) is 9.03. The number of alkyl halides is 3. The second kappa shape index (κ2) is 7.54. The van der Waals surface area contributed by atoms with Gasteiger partial charge in [0.2, 0.25) is 0 Å². The summed E-state index contributed by atoms with van der Waals surface area (Å²) in [5.41, 5.74) is -0.765. The molecule has 0 unspecified atom stereocenters. The van der Waals surface area contributed by atoms with Crippen LogP contribution >= 0.6 is 0 Å². The van der Waals surface area contributed by atoms with E-state index in [1.54, 1.807) is 4.90 Å². The number of halogens is 3. The molecule has 1 amide bonds. The van der Waals surface area contributed by atoms with Crippen molar-refractivity contribution in [3.8, 4) is 0 Å². The van der Waals surface area contributed by atoms with Gasteiger partial charge in [0.05, 0.1) is 5.56 Å². The zero-order valence-electron chi connectivity index (χ0n) is 17.0. The van der Waals surface area contributed by atoms with Crippen LogP contribution in [0.25, 0.3) is 0 Å². The summed E-state index contributed by atoms with van der Waals surface area (Å²) in [6.45, 7) is 7.80. The lowest BCUT2D eigenvalue weighted by Gasteiger charge is -2.40. The van der Waals surface area contributed by atoms with Gasteiger partial charge < -0.3 is 14.5 Å². The number of carbonyl (C=O) groups excluding carboxylic acids is 2. The summed E-state index contributed by atoms with van der Waals surface area (Å²) in [4.78, 5) is 27.3. The number of piperidine rings is 1. The molecule has 0 N–H and O–H groups in total. The van der Waals surface area contributed by atoms with E-state index < -0.39 is 17.3 Å². The Morgan fingerprint density at radius 1 is 1.10 bits per heavy atom. The van der Waals surface area contributed by atoms with E-state index in [0.717, 1.165) is 31.4 Å². The molecule has 0 aromatic heterocycles. The van der Waals surface area contributed by atoms with E-state index in [1.165, 1.54) is 6.07 Å². The van der Waals surface area contributed by atoms with Gasteiger partial charge in [-0.3, -0.25) is 4.79 Å². The highest BCUT2D eigenvalue weighted by Crippen LogP contribution is 2.42. The Balaban J connectivity index is 1.68. The number of amides is 1. The number of hydrogen-bond acceptors (Lipinski definition) is 4. The normalized spacial score (nSPS) is 19.5. The van der Waals surface area contributed by atoms with Gasteiger partial charge >= 0.3 is 12.3 Å². The first kappa shape index (κ1) is 21.5. The molecule has 2 aliphatic heterocycles. The molecule has 0 radical (unpaired) electrons. The summed E-state index contributed by atoms with van der Waals surface area (Å²) in [6, 6.07) is 3.23. The minimum Gasteiger partial charge on any atom is -0.444 e. The predicted molar refractivity (Wildman–Crippen MR) is 103 cm³/mol. The Morgan fingerprint density at radius 2 is 1.72 bits per heavy atom. The van der Waals surface area contributed by atoms with Crippen LogP contribution in [0.4, 0.5) is 23.7 Å². The summed E-state index contributed by atoms with van der Waals surface area (Å²) in [6.07, 6.45) is -1.82. The quantitative estimate of drug-likeness (QED) is 0.658. The zero-order chi connectivity index (χ0) is 21.4. The van der Waals surface area contributed by atoms with Gasteiger partial charge in [-0.05, 0) is 63.6 Å². The van der Waals surface area contributed by atoms with Gasteiger partial charge in [0.25, 0.3) is 0 Å². The van der Waals surface area contributed by atoms with Crippen LogP contribution in [0.1, 0.15) is 56.0 Å². The van der Waals surface area contributed by atoms with Crippen molar-refractivity contribution < 1.29 is 27.5 Å². The van der Waals surface area contributed by atoms with Crippen molar-refractivity contribution in [2.24, 2.45) is 5.41 Å². The Labute approximate surface area is 168 Å². The van der Waals surface area contributed by atoms with E-state index in [4.69, 9.17) is 4.74 Å². The Hall–Kier alpha value is -2.25. The Bertz CT molecular complexity index is 778. The van der Waals surface area contributed by atoms with Crippen LogP contribution in [0.5, 0.6) is 0 Å². The third-order valence-electron chi connectivity index (χ3n) is 5.74. The van der Waals surface area contributed by atoms with Crippen molar-refractivity contribution in [2.45, 2.75) is 51.8 Å². The molecule has 2 saturated heterocycles. The molecule has 3 rings (SSSR count). The summed E-state index contributed by atoms with van der Waals surface area (Å²) >= 11 is 0. The van der Waals surface area contributed by atoms with Gasteiger partial charge in [-0.1, -0.05) is 0 Å². The molecule has 8 heteroatoms. The van der Waals surface area contributed by atoms with E-state index in [1.807, 2.05) is 25.7 Å². The van der Waals surface area contributed by atoms with Crippen molar-refractivity contribution in [1.82, 2.24) is 4.90 Å². The number of benzene rings is 1. The van der Waals surface area contributed by atoms with E-state index in [0.29, 0.717) is 38.2 Å². The van der Waals surface area contributed by atoms with Crippen LogP contribution in [0.3, 0.4) is 0 Å². The van der Waals surface area contributed by atoms with Crippen LogP contribution in [0.2, 0.25) is 0 Å². The highest BCUT2D eigenvalue weighted by atomic mass is 19.4. The lowest BCUT2D eigenvalue weighted by atomic mass is 9.77. The topological polar surface area (TPSA) is 49.9 Å². The SMILES string of the molecule is CC(C)(C)OC(=O)N1CCC2(CCN(c3cc(C(F)(F)F)ccc3C=O)CC2)C1. The van der Waals surface area contributed by atoms with Crippen LogP contribution in [-0.2, 0) is 10.9 Å². The molecule has 1 aromatic rings. The number of anilines is 1. The van der Waals surface area contributed by atoms with Gasteiger partial charge in [-0.15, -0.1) is 0 Å². The summed E-state index contributed by atoms with van der Waals surface area (Å²) in [7, 11) is 0. The molecule has 0 saturated carbocycles. The van der Waals surface area contributed by atoms with Crippen LogP contribution in [-0.4, -0.2) is 49.1 Å². The molecule has 1 spiro atoms. The number of ether oxygens (including phenoxy) is 1. The lowest BCUT2D eigenvalue weighted by Crippen LogP contribution is -2.43. The highest BCUT2D eigenvalue weighted by Gasteiger charge is 2.43. The van der Waals surface area contributed by atoms with Crippen molar-refractivity contribution in [3.05, 3.63) is 29.3 Å². The van der Waals surface area contributed by atoms with Crippen LogP contribution < -0.4 is 4.90 Å². The smallest absolute Gasteiger partial charge is 0.416 e. The molecule has 29 heavy (non-hydrogen) atoms. The van der Waals surface area contributed by atoms with Crippen molar-refractivity contribution in [1.29, 1.82) is 0 Å². The number of likely N-dealkylation sites (tertiary alicyclic amines) is 1. The van der Waals surface area contributed by atoms with E-state index in [9.17, 15) is 22.8 Å². The molecule has 1 aromatic carbocycles. The Morgan fingerprint density at radius 3 is 2.28 bits per heavy atom. The largest absolute Gasteiger partial charge is 0.444 e. The number of hydrogen-bond donors (Lipinski definition) is 0. The molecule has 2 fully saturated rings. The molecule has 0 aliphatic carbocycles. The number of carbonyl (C=O) groups is 2. The summed E-state index contributed by atoms with van der Waals surface area (Å²) < 4.78 is 44.7. The molecule has 5 nitrogen and oxygen atoms in total. The summed E-state index contributed by atoms with van der Waals surface area (Å²) in [5.74, 6) is 0. The van der Waals surface area contributed by atoms with E-state index in [2.05, 4.69) is 0 Å². The molecule has 2 heterocycles. The first-order chi connectivity index (χ1) is 13.4. The van der Waals surface area contributed by atoms with Crippen molar-refractivity contribution >= 4 is 18.1 Å². The fraction of sp³-hybridized carbons (Fsp3) is 0.619. The maximum absolute atomic E-state index is 13.1. The van der Waals surface area contributed by atoms with E-state index in [-0.39, 0.29) is 17.1 Å². The number of nitrogens with zero attached hydrogens (tertiary/aromatic N) is 2. The van der Waals surface area contributed by atoms with Gasteiger partial charge in [-0.25, -0.2) is 4.79 Å². The van der Waals surface area contributed by atoms with Gasteiger partial charge in [-0.2, -0.15) is 13.2 Å². The maximum Gasteiger partial charge on any atom is 0.416 e. The average molecular weight is 412 g/mol. The van der Waals surface area contributed by atoms with Crippen LogP contribution in [0.15, 0.2) is 18.2 Å². The minimum absolute atomic E-state index is 0.0453. The number of aldehydes is 1. The second-order valence-electron chi connectivity index (χ2n) is 9.03. The predicted octanol–water partition coefficient (Wildman–Crippen LogP) is 4.75. The monoisotopic (exact) mass is 412 g/mol. The highest BCUT2D eigenvalue weighted by molar-refractivity contribution is 5.85. The number of rotatable bonds is 2. The van der Waals surface area contributed by atoms with Crippen LogP contribution in [0, 0.1) is 5.41 Å².